The van der Waals surface area contributed by atoms with Crippen LogP contribution in [-0.2, 0) is 5.66 Å². The van der Waals surface area contributed by atoms with E-state index in [2.05, 4.69) is 15.3 Å². The van der Waals surface area contributed by atoms with Crippen molar-refractivity contribution in [1.29, 1.82) is 0 Å². The highest BCUT2D eigenvalue weighted by Crippen LogP contribution is 2.16. The van der Waals surface area contributed by atoms with Gasteiger partial charge in [-0.25, -0.2) is 0 Å². The van der Waals surface area contributed by atoms with Gasteiger partial charge in [-0.2, -0.15) is 0 Å². The number of allylic oxidation sites excluding steroid dienone is 2. The molecule has 0 spiro atoms. The number of nitrogens with zero attached hydrogens (tertiary/aromatic N) is 2. The Balaban J connectivity index is 2.35. The van der Waals surface area contributed by atoms with Crippen LogP contribution in [0.25, 0.3) is 0 Å². The third-order valence-electron chi connectivity index (χ3n) is 1.97. The van der Waals surface area contributed by atoms with Crippen LogP contribution in [0.2, 0.25) is 0 Å². The lowest BCUT2D eigenvalue weighted by Gasteiger charge is -2.29. The fraction of sp³-hybridized carbons (Fsp3) is 0.111. The second-order valence-corrected chi connectivity index (χ2v) is 3.07. The number of nitrogens with one attached hydrogen (secondary N) is 1. The summed E-state index contributed by atoms with van der Waals surface area (Å²) in [6, 6.07) is 0. The molecule has 0 bridgehead atoms. The molecule has 1 aliphatic heterocycles. The molecule has 5 nitrogen and oxygen atoms in total. The molecular weight excluding hydrogens is 178 g/mol. The van der Waals surface area contributed by atoms with E-state index in [4.69, 9.17) is 11.5 Å². The lowest BCUT2D eigenvalue weighted by Crippen LogP contribution is -2.51. The SMILES string of the molecule is NC1=CC=CC(N)(c2cnccn2)N1. The van der Waals surface area contributed by atoms with Crippen LogP contribution >= 0.6 is 0 Å². The Kier molecular flexibility index (Phi) is 1.94. The zero-order chi connectivity index (χ0) is 10.0. The van der Waals surface area contributed by atoms with E-state index in [0.717, 1.165) is 0 Å². The van der Waals surface area contributed by atoms with E-state index in [1.165, 1.54) is 0 Å². The maximum Gasteiger partial charge on any atom is 0.152 e. The second kappa shape index (κ2) is 3.12. The van der Waals surface area contributed by atoms with Crippen LogP contribution in [0, 0.1) is 0 Å². The zero-order valence-electron chi connectivity index (χ0n) is 7.51. The maximum atomic E-state index is 6.05. The van der Waals surface area contributed by atoms with Crippen molar-refractivity contribution in [2.75, 3.05) is 0 Å². The van der Waals surface area contributed by atoms with Crippen LogP contribution in [0.3, 0.4) is 0 Å². The van der Waals surface area contributed by atoms with Crippen LogP contribution in [-0.4, -0.2) is 9.97 Å². The molecule has 1 aromatic heterocycles. The first kappa shape index (κ1) is 8.71. The Morgan fingerprint density at radius 3 is 2.86 bits per heavy atom. The molecule has 2 heterocycles. The first-order valence-electron chi connectivity index (χ1n) is 4.19. The lowest BCUT2D eigenvalue weighted by molar-refractivity contribution is 0.456. The van der Waals surface area contributed by atoms with Gasteiger partial charge in [-0.1, -0.05) is 6.08 Å². The minimum Gasteiger partial charge on any atom is -0.385 e. The molecule has 0 saturated carbocycles. The van der Waals surface area contributed by atoms with Crippen LogP contribution < -0.4 is 16.8 Å². The van der Waals surface area contributed by atoms with Crippen LogP contribution in [0.5, 0.6) is 0 Å². The van der Waals surface area contributed by atoms with E-state index in [1.807, 2.05) is 0 Å². The minimum absolute atomic E-state index is 0.514. The second-order valence-electron chi connectivity index (χ2n) is 3.07. The molecule has 0 aliphatic carbocycles. The third kappa shape index (κ3) is 1.45. The molecule has 0 aromatic carbocycles. The largest absolute Gasteiger partial charge is 0.385 e. The summed E-state index contributed by atoms with van der Waals surface area (Å²) in [7, 11) is 0. The van der Waals surface area contributed by atoms with Gasteiger partial charge in [0.25, 0.3) is 0 Å². The molecule has 1 unspecified atom stereocenters. The standard InChI is InChI=1S/C9H11N5/c10-8-2-1-3-9(11,14-8)7-6-12-4-5-13-7/h1-6,14H,10-11H2. The first-order chi connectivity index (χ1) is 6.71. The molecule has 1 aromatic rings. The van der Waals surface area contributed by atoms with Crippen molar-refractivity contribution in [3.05, 3.63) is 48.3 Å². The molecule has 5 N–H and O–H groups in total. The lowest BCUT2D eigenvalue weighted by atomic mass is 10.1. The van der Waals surface area contributed by atoms with Gasteiger partial charge in [0.15, 0.2) is 5.66 Å². The van der Waals surface area contributed by atoms with Crippen LogP contribution in [0.4, 0.5) is 0 Å². The fourth-order valence-corrected chi connectivity index (χ4v) is 1.29. The highest BCUT2D eigenvalue weighted by atomic mass is 15.2. The van der Waals surface area contributed by atoms with Crippen molar-refractivity contribution in [2.45, 2.75) is 5.66 Å². The van der Waals surface area contributed by atoms with Crippen molar-refractivity contribution >= 4 is 0 Å². The highest BCUT2D eigenvalue weighted by Gasteiger charge is 2.27. The summed E-state index contributed by atoms with van der Waals surface area (Å²) in [6.45, 7) is 0. The van der Waals surface area contributed by atoms with E-state index in [-0.39, 0.29) is 0 Å². The molecule has 2 rings (SSSR count). The van der Waals surface area contributed by atoms with Gasteiger partial charge < -0.3 is 16.8 Å². The molecule has 0 fully saturated rings. The molecular formula is C9H11N5. The summed E-state index contributed by atoms with van der Waals surface area (Å²) in [5.74, 6) is 0.514. The van der Waals surface area contributed by atoms with Gasteiger partial charge >= 0.3 is 0 Å². The Morgan fingerprint density at radius 2 is 2.21 bits per heavy atom. The molecule has 0 saturated heterocycles. The predicted molar refractivity (Wildman–Crippen MR) is 52.4 cm³/mol. The molecule has 1 aliphatic rings. The summed E-state index contributed by atoms with van der Waals surface area (Å²) in [5, 5.41) is 2.94. The van der Waals surface area contributed by atoms with Crippen molar-refractivity contribution in [3.63, 3.8) is 0 Å². The normalized spacial score (nSPS) is 25.4. The van der Waals surface area contributed by atoms with Gasteiger partial charge in [0.2, 0.25) is 0 Å². The molecule has 5 heteroatoms. The topological polar surface area (TPSA) is 89.9 Å². The van der Waals surface area contributed by atoms with Crippen LogP contribution in [0.15, 0.2) is 42.6 Å². The van der Waals surface area contributed by atoms with Crippen molar-refractivity contribution in [2.24, 2.45) is 11.5 Å². The molecule has 14 heavy (non-hydrogen) atoms. The molecule has 0 amide bonds. The van der Waals surface area contributed by atoms with Gasteiger partial charge in [-0.05, 0) is 12.2 Å². The molecule has 72 valence electrons. The molecule has 1 atom stereocenters. The number of nitrogens with two attached hydrogens (primary N) is 2. The van der Waals surface area contributed by atoms with Gasteiger partial charge in [-0.3, -0.25) is 9.97 Å². The van der Waals surface area contributed by atoms with Crippen molar-refractivity contribution in [1.82, 2.24) is 15.3 Å². The van der Waals surface area contributed by atoms with Gasteiger partial charge in [-0.15, -0.1) is 0 Å². The average molecular weight is 189 g/mol. The number of hydrogen-bond donors (Lipinski definition) is 3. The van der Waals surface area contributed by atoms with Gasteiger partial charge in [0, 0.05) is 12.4 Å². The quantitative estimate of drug-likeness (QED) is 0.556. The summed E-state index contributed by atoms with van der Waals surface area (Å²) in [5.41, 5.74) is 11.4. The highest BCUT2D eigenvalue weighted by molar-refractivity contribution is 5.28. The van der Waals surface area contributed by atoms with E-state index < -0.39 is 5.66 Å². The van der Waals surface area contributed by atoms with E-state index in [9.17, 15) is 0 Å². The number of aromatic nitrogens is 2. The van der Waals surface area contributed by atoms with Crippen molar-refractivity contribution < 1.29 is 0 Å². The Hall–Kier alpha value is -1.88. The van der Waals surface area contributed by atoms with E-state index in [0.29, 0.717) is 11.5 Å². The predicted octanol–water partition coefficient (Wildman–Crippen LogP) is -0.452. The van der Waals surface area contributed by atoms with Gasteiger partial charge in [0.05, 0.1) is 12.0 Å². The molecule has 0 radical (unpaired) electrons. The summed E-state index contributed by atoms with van der Waals surface area (Å²) < 4.78 is 0. The Bertz CT molecular complexity index is 383. The summed E-state index contributed by atoms with van der Waals surface area (Å²) in [4.78, 5) is 8.08. The minimum atomic E-state index is -0.854. The van der Waals surface area contributed by atoms with E-state index in [1.54, 1.807) is 36.8 Å². The zero-order valence-corrected chi connectivity index (χ0v) is 7.51. The summed E-state index contributed by atoms with van der Waals surface area (Å²) >= 11 is 0. The smallest absolute Gasteiger partial charge is 0.152 e. The number of hydrogen-bond acceptors (Lipinski definition) is 5. The average Bonchev–Trinajstić information content (AvgIpc) is 2.19. The third-order valence-corrected chi connectivity index (χ3v) is 1.97. The maximum absolute atomic E-state index is 6.05. The van der Waals surface area contributed by atoms with Crippen LogP contribution in [0.1, 0.15) is 5.69 Å². The van der Waals surface area contributed by atoms with E-state index >= 15 is 0 Å². The van der Waals surface area contributed by atoms with Gasteiger partial charge in [0.1, 0.15) is 5.69 Å². The Labute approximate surface area is 81.5 Å². The first-order valence-corrected chi connectivity index (χ1v) is 4.19. The number of rotatable bonds is 1. The summed E-state index contributed by atoms with van der Waals surface area (Å²) in [6.07, 6.45) is 10.1. The number of dihydropyridines is 1. The fourth-order valence-electron chi connectivity index (χ4n) is 1.29. The monoisotopic (exact) mass is 189 g/mol. The Morgan fingerprint density at radius 1 is 1.36 bits per heavy atom. The van der Waals surface area contributed by atoms with Crippen molar-refractivity contribution in [3.8, 4) is 0 Å².